The molecule has 2 atom stereocenters. The van der Waals surface area contributed by atoms with E-state index < -0.39 is 0 Å². The Morgan fingerprint density at radius 3 is 2.81 bits per heavy atom. The van der Waals surface area contributed by atoms with Crippen molar-refractivity contribution in [3.63, 3.8) is 0 Å². The molecule has 2 N–H and O–H groups in total. The second-order valence-electron chi connectivity index (χ2n) is 8.33. The van der Waals surface area contributed by atoms with Gasteiger partial charge in [-0.3, -0.25) is 0 Å². The fourth-order valence-electron chi connectivity index (χ4n) is 4.99. The lowest BCUT2D eigenvalue weighted by Gasteiger charge is -2.34. The average Bonchev–Trinajstić information content (AvgIpc) is 3.22. The zero-order valence-electron chi connectivity index (χ0n) is 16.8. The predicted molar refractivity (Wildman–Crippen MR) is 127 cm³/mol. The molecule has 0 saturated heterocycles. The van der Waals surface area contributed by atoms with Gasteiger partial charge in [-0.05, 0) is 52.6 Å². The molecule has 1 aromatic heterocycles. The highest BCUT2D eigenvalue weighted by molar-refractivity contribution is 6.15. The molecule has 3 nitrogen and oxygen atoms in total. The van der Waals surface area contributed by atoms with E-state index in [4.69, 9.17) is 4.42 Å². The summed E-state index contributed by atoms with van der Waals surface area (Å²) in [6.07, 6.45) is 15.1. The highest BCUT2D eigenvalue weighted by Crippen LogP contribution is 2.37. The molecule has 4 aromatic rings. The molecule has 2 aliphatic heterocycles. The van der Waals surface area contributed by atoms with Gasteiger partial charge in [0.1, 0.15) is 11.2 Å². The minimum Gasteiger partial charge on any atom is -0.455 e. The van der Waals surface area contributed by atoms with Crippen molar-refractivity contribution in [1.29, 1.82) is 0 Å². The van der Waals surface area contributed by atoms with Crippen LogP contribution in [0.5, 0.6) is 0 Å². The molecule has 31 heavy (non-hydrogen) atoms. The van der Waals surface area contributed by atoms with Crippen LogP contribution < -0.4 is 10.6 Å². The summed E-state index contributed by atoms with van der Waals surface area (Å²) in [5.41, 5.74) is 6.88. The van der Waals surface area contributed by atoms with Gasteiger partial charge in [-0.1, -0.05) is 66.8 Å². The molecule has 0 amide bonds. The quantitative estimate of drug-likeness (QED) is 0.401. The third kappa shape index (κ3) is 2.47. The largest absolute Gasteiger partial charge is 0.455 e. The van der Waals surface area contributed by atoms with Crippen molar-refractivity contribution in [3.05, 3.63) is 120 Å². The van der Waals surface area contributed by atoms with E-state index in [1.807, 2.05) is 6.20 Å². The van der Waals surface area contributed by atoms with Crippen molar-refractivity contribution in [1.82, 2.24) is 10.6 Å². The molecule has 0 spiro atoms. The van der Waals surface area contributed by atoms with Gasteiger partial charge in [0.15, 0.2) is 0 Å². The van der Waals surface area contributed by atoms with E-state index in [1.165, 1.54) is 33.2 Å². The summed E-state index contributed by atoms with van der Waals surface area (Å²) in [6.45, 7) is 0. The van der Waals surface area contributed by atoms with Crippen LogP contribution in [0, 0.1) is 0 Å². The van der Waals surface area contributed by atoms with Gasteiger partial charge < -0.3 is 15.1 Å². The van der Waals surface area contributed by atoms with Crippen LogP contribution in [0.2, 0.25) is 0 Å². The molecular formula is C28H20N2O. The highest BCUT2D eigenvalue weighted by Gasteiger charge is 2.27. The van der Waals surface area contributed by atoms with Crippen LogP contribution in [0.3, 0.4) is 0 Å². The summed E-state index contributed by atoms with van der Waals surface area (Å²) < 4.78 is 6.28. The van der Waals surface area contributed by atoms with Crippen molar-refractivity contribution in [2.24, 2.45) is 0 Å². The van der Waals surface area contributed by atoms with Crippen molar-refractivity contribution in [2.75, 3.05) is 0 Å². The smallest absolute Gasteiger partial charge is 0.143 e. The number of fused-ring (bicyclic) bond motifs is 7. The lowest BCUT2D eigenvalue weighted by molar-refractivity contribution is 0.608. The first-order chi connectivity index (χ1) is 15.3. The number of nitrogens with one attached hydrogen (secondary N) is 2. The van der Waals surface area contributed by atoms with Crippen LogP contribution >= 0.6 is 0 Å². The van der Waals surface area contributed by atoms with E-state index in [0.29, 0.717) is 0 Å². The zero-order chi connectivity index (χ0) is 20.4. The summed E-state index contributed by atoms with van der Waals surface area (Å²) in [4.78, 5) is 0. The summed E-state index contributed by atoms with van der Waals surface area (Å²) in [7, 11) is 0. The molecule has 3 aliphatic rings. The van der Waals surface area contributed by atoms with Gasteiger partial charge in [-0.2, -0.15) is 0 Å². The standard InChI is InChI=1S/C28H20N2O/c1-2-6-21-17(4-1)9-12-22-23-16-20(11-14-25(23)31-28(21)22)24-13-10-19-8-7-18-5-3-15-29-26(18)27(19)30-24/h1-16,24,26,29-30H. The van der Waals surface area contributed by atoms with Gasteiger partial charge in [0.25, 0.3) is 0 Å². The summed E-state index contributed by atoms with van der Waals surface area (Å²) >= 11 is 0. The van der Waals surface area contributed by atoms with Crippen LogP contribution in [-0.4, -0.2) is 6.04 Å². The SMILES string of the molecule is C1=CNC2C(=C1)C=CC1=C2NC(c2ccc3oc4c5ccccc5ccc4c3c2)C=C1. The second kappa shape index (κ2) is 6.26. The molecule has 1 aliphatic carbocycles. The summed E-state index contributed by atoms with van der Waals surface area (Å²) in [5.74, 6) is 0. The molecule has 0 fully saturated rings. The van der Waals surface area contributed by atoms with E-state index in [-0.39, 0.29) is 12.1 Å². The number of hydrogen-bond donors (Lipinski definition) is 2. The first-order valence-electron chi connectivity index (χ1n) is 10.7. The van der Waals surface area contributed by atoms with Crippen LogP contribution in [0.25, 0.3) is 32.7 Å². The number of hydrogen-bond acceptors (Lipinski definition) is 3. The van der Waals surface area contributed by atoms with Gasteiger partial charge in [0.2, 0.25) is 0 Å². The molecule has 7 rings (SSSR count). The van der Waals surface area contributed by atoms with Gasteiger partial charge in [0.05, 0.1) is 12.1 Å². The lowest BCUT2D eigenvalue weighted by Crippen LogP contribution is -2.40. The topological polar surface area (TPSA) is 37.2 Å². The number of benzene rings is 3. The molecule has 0 radical (unpaired) electrons. The van der Waals surface area contributed by atoms with Gasteiger partial charge >= 0.3 is 0 Å². The predicted octanol–water partition coefficient (Wildman–Crippen LogP) is 6.18. The monoisotopic (exact) mass is 400 g/mol. The Labute approximate surface area is 179 Å². The maximum absolute atomic E-state index is 6.28. The van der Waals surface area contributed by atoms with Gasteiger partial charge in [-0.15, -0.1) is 0 Å². The molecule has 0 bridgehead atoms. The average molecular weight is 400 g/mol. The van der Waals surface area contributed by atoms with Crippen LogP contribution in [0.1, 0.15) is 11.6 Å². The van der Waals surface area contributed by atoms with Gasteiger partial charge in [0, 0.05) is 21.9 Å². The maximum Gasteiger partial charge on any atom is 0.143 e. The fraction of sp³-hybridized carbons (Fsp3) is 0.0714. The Hall–Kier alpha value is -3.98. The van der Waals surface area contributed by atoms with E-state index in [1.54, 1.807) is 0 Å². The number of allylic oxidation sites excluding steroid dienone is 5. The zero-order valence-corrected chi connectivity index (χ0v) is 16.8. The Morgan fingerprint density at radius 1 is 0.839 bits per heavy atom. The molecule has 148 valence electrons. The Balaban J connectivity index is 1.32. The first-order valence-corrected chi connectivity index (χ1v) is 10.7. The second-order valence-corrected chi connectivity index (χ2v) is 8.33. The normalized spacial score (nSPS) is 21.7. The highest BCUT2D eigenvalue weighted by atomic mass is 16.3. The van der Waals surface area contributed by atoms with Gasteiger partial charge in [-0.25, -0.2) is 0 Å². The Morgan fingerprint density at radius 2 is 1.81 bits per heavy atom. The minimum atomic E-state index is 0.119. The van der Waals surface area contributed by atoms with E-state index in [9.17, 15) is 0 Å². The number of dihydropyridines is 2. The lowest BCUT2D eigenvalue weighted by atomic mass is 9.88. The van der Waals surface area contributed by atoms with Crippen molar-refractivity contribution in [3.8, 4) is 0 Å². The number of furan rings is 1. The molecular weight excluding hydrogens is 380 g/mol. The van der Waals surface area contributed by atoms with Crippen LogP contribution in [0.15, 0.2) is 119 Å². The number of rotatable bonds is 1. The van der Waals surface area contributed by atoms with Crippen LogP contribution in [0.4, 0.5) is 0 Å². The van der Waals surface area contributed by atoms with E-state index in [2.05, 4.69) is 102 Å². The summed E-state index contributed by atoms with van der Waals surface area (Å²) in [6, 6.07) is 19.6. The first kappa shape index (κ1) is 16.8. The van der Waals surface area contributed by atoms with E-state index in [0.717, 1.165) is 21.9 Å². The van der Waals surface area contributed by atoms with Crippen molar-refractivity contribution in [2.45, 2.75) is 12.1 Å². The third-order valence-corrected chi connectivity index (χ3v) is 6.56. The van der Waals surface area contributed by atoms with Crippen molar-refractivity contribution >= 4 is 32.7 Å². The summed E-state index contributed by atoms with van der Waals surface area (Å²) in [5, 5.41) is 12.0. The van der Waals surface area contributed by atoms with E-state index >= 15 is 0 Å². The van der Waals surface area contributed by atoms with Crippen LogP contribution in [-0.2, 0) is 0 Å². The maximum atomic E-state index is 6.28. The Bertz CT molecular complexity index is 1540. The fourth-order valence-corrected chi connectivity index (χ4v) is 4.99. The third-order valence-electron chi connectivity index (χ3n) is 6.56. The Kier molecular flexibility index (Phi) is 3.39. The van der Waals surface area contributed by atoms with Crippen molar-refractivity contribution < 1.29 is 4.42 Å². The molecule has 3 heterocycles. The molecule has 0 saturated carbocycles. The molecule has 3 heteroatoms. The molecule has 3 aromatic carbocycles. The molecule has 2 unspecified atom stereocenters. The minimum absolute atomic E-state index is 0.119.